The first-order chi connectivity index (χ1) is 8.70. The van der Waals surface area contributed by atoms with Gasteiger partial charge in [0.15, 0.2) is 0 Å². The van der Waals surface area contributed by atoms with E-state index in [9.17, 15) is 4.39 Å². The van der Waals surface area contributed by atoms with E-state index in [1.54, 1.807) is 12.1 Å². The van der Waals surface area contributed by atoms with Crippen molar-refractivity contribution in [2.24, 2.45) is 5.92 Å². The van der Waals surface area contributed by atoms with E-state index in [-0.39, 0.29) is 5.82 Å². The van der Waals surface area contributed by atoms with Gasteiger partial charge in [0.25, 0.3) is 0 Å². The second-order valence-electron chi connectivity index (χ2n) is 5.77. The number of hydrogen-bond acceptors (Lipinski definition) is 2. The van der Waals surface area contributed by atoms with Crippen LogP contribution in [0.3, 0.4) is 0 Å². The van der Waals surface area contributed by atoms with Crippen LogP contribution in [0.2, 0.25) is 0 Å². The monoisotopic (exact) mass is 248 g/mol. The number of halogens is 1. The predicted molar refractivity (Wildman–Crippen MR) is 72.5 cm³/mol. The van der Waals surface area contributed by atoms with Crippen LogP contribution >= 0.6 is 0 Å². The predicted octanol–water partition coefficient (Wildman–Crippen LogP) is 2.71. The number of aryl methyl sites for hydroxylation is 1. The molecule has 0 radical (unpaired) electrons. The fourth-order valence-corrected chi connectivity index (χ4v) is 2.75. The molecule has 2 nitrogen and oxygen atoms in total. The minimum Gasteiger partial charge on any atom is -0.371 e. The molecule has 1 atom stereocenters. The molecule has 3 heteroatoms. The lowest BCUT2D eigenvalue weighted by Gasteiger charge is -2.19. The van der Waals surface area contributed by atoms with Crippen molar-refractivity contribution in [2.75, 3.05) is 24.5 Å². The molecule has 1 saturated carbocycles. The molecule has 0 spiro atoms. The second-order valence-corrected chi connectivity index (χ2v) is 5.77. The third kappa shape index (κ3) is 2.83. The lowest BCUT2D eigenvalue weighted by Crippen LogP contribution is -2.27. The summed E-state index contributed by atoms with van der Waals surface area (Å²) >= 11 is 0. The molecule has 1 aromatic rings. The molecule has 1 aliphatic carbocycles. The Kier molecular flexibility index (Phi) is 3.25. The summed E-state index contributed by atoms with van der Waals surface area (Å²) in [6.45, 7) is 5.19. The van der Waals surface area contributed by atoms with Gasteiger partial charge in [0.2, 0.25) is 0 Å². The Balaban J connectivity index is 1.59. The first kappa shape index (κ1) is 12.0. The maximum atomic E-state index is 13.4. The highest BCUT2D eigenvalue weighted by atomic mass is 19.1. The van der Waals surface area contributed by atoms with E-state index in [4.69, 9.17) is 0 Å². The van der Waals surface area contributed by atoms with Crippen LogP contribution in [0.15, 0.2) is 18.2 Å². The van der Waals surface area contributed by atoms with E-state index in [1.807, 2.05) is 6.92 Å². The van der Waals surface area contributed by atoms with Crippen LogP contribution in [-0.4, -0.2) is 25.7 Å². The summed E-state index contributed by atoms with van der Waals surface area (Å²) in [5, 5.41) is 3.59. The first-order valence-electron chi connectivity index (χ1n) is 6.96. The van der Waals surface area contributed by atoms with Gasteiger partial charge in [-0.05, 0) is 62.4 Å². The summed E-state index contributed by atoms with van der Waals surface area (Å²) in [5.74, 6) is 0.596. The van der Waals surface area contributed by atoms with Crippen molar-refractivity contribution in [3.63, 3.8) is 0 Å². The maximum Gasteiger partial charge on any atom is 0.125 e. The highest BCUT2D eigenvalue weighted by molar-refractivity contribution is 5.49. The van der Waals surface area contributed by atoms with Crippen molar-refractivity contribution in [3.05, 3.63) is 29.6 Å². The Bertz CT molecular complexity index is 408. The summed E-state index contributed by atoms with van der Waals surface area (Å²) in [6.07, 6.45) is 3.91. The van der Waals surface area contributed by atoms with Gasteiger partial charge in [0.05, 0.1) is 0 Å². The van der Waals surface area contributed by atoms with Gasteiger partial charge in [0, 0.05) is 24.8 Å². The number of nitrogens with one attached hydrogen (secondary N) is 1. The highest BCUT2D eigenvalue weighted by Gasteiger charge is 2.26. The molecular formula is C15H21FN2. The Hall–Kier alpha value is -1.09. The lowest BCUT2D eigenvalue weighted by atomic mass is 10.1. The van der Waals surface area contributed by atoms with E-state index in [0.717, 1.165) is 36.9 Å². The third-order valence-electron chi connectivity index (χ3n) is 3.95. The van der Waals surface area contributed by atoms with Gasteiger partial charge >= 0.3 is 0 Å². The molecule has 1 saturated heterocycles. The van der Waals surface area contributed by atoms with E-state index in [0.29, 0.717) is 5.92 Å². The standard InChI is InChI=1S/C15H21FN2/c1-11-6-13(16)8-15(7-11)18-5-4-12(10-18)9-17-14-2-3-14/h6-8,12,14,17H,2-5,9-10H2,1H3. The van der Waals surface area contributed by atoms with Crippen LogP contribution in [0.4, 0.5) is 10.1 Å². The van der Waals surface area contributed by atoms with Crippen LogP contribution in [0, 0.1) is 18.7 Å². The Labute approximate surface area is 108 Å². The molecule has 0 aromatic heterocycles. The summed E-state index contributed by atoms with van der Waals surface area (Å²) in [7, 11) is 0. The van der Waals surface area contributed by atoms with Gasteiger partial charge in [0.1, 0.15) is 5.82 Å². The Morgan fingerprint density at radius 2 is 2.11 bits per heavy atom. The number of rotatable bonds is 4. The summed E-state index contributed by atoms with van der Waals surface area (Å²) in [4.78, 5) is 2.31. The molecule has 3 rings (SSSR count). The molecular weight excluding hydrogens is 227 g/mol. The molecule has 18 heavy (non-hydrogen) atoms. The Morgan fingerprint density at radius 1 is 1.28 bits per heavy atom. The van der Waals surface area contributed by atoms with Crippen LogP contribution in [0.25, 0.3) is 0 Å². The number of hydrogen-bond donors (Lipinski definition) is 1. The fraction of sp³-hybridized carbons (Fsp3) is 0.600. The maximum absolute atomic E-state index is 13.4. The van der Waals surface area contributed by atoms with E-state index in [1.165, 1.54) is 19.3 Å². The van der Waals surface area contributed by atoms with Gasteiger partial charge < -0.3 is 10.2 Å². The van der Waals surface area contributed by atoms with Crippen molar-refractivity contribution >= 4 is 5.69 Å². The zero-order valence-electron chi connectivity index (χ0n) is 11.0. The number of nitrogens with zero attached hydrogens (tertiary/aromatic N) is 1. The van der Waals surface area contributed by atoms with Gasteiger partial charge in [-0.1, -0.05) is 0 Å². The smallest absolute Gasteiger partial charge is 0.125 e. The molecule has 0 amide bonds. The van der Waals surface area contributed by atoms with E-state index in [2.05, 4.69) is 16.3 Å². The van der Waals surface area contributed by atoms with E-state index < -0.39 is 0 Å². The topological polar surface area (TPSA) is 15.3 Å². The van der Waals surface area contributed by atoms with Crippen molar-refractivity contribution in [3.8, 4) is 0 Å². The van der Waals surface area contributed by atoms with Gasteiger partial charge in [-0.2, -0.15) is 0 Å². The van der Waals surface area contributed by atoms with Gasteiger partial charge in [-0.25, -0.2) is 4.39 Å². The first-order valence-corrected chi connectivity index (χ1v) is 6.96. The molecule has 1 aromatic carbocycles. The minimum absolute atomic E-state index is 0.121. The molecule has 1 unspecified atom stereocenters. The summed E-state index contributed by atoms with van der Waals surface area (Å²) in [6, 6.07) is 6.12. The molecule has 1 N–H and O–H groups in total. The van der Waals surface area contributed by atoms with Gasteiger partial charge in [-0.15, -0.1) is 0 Å². The SMILES string of the molecule is Cc1cc(F)cc(N2CCC(CNC3CC3)C2)c1. The average molecular weight is 248 g/mol. The molecule has 2 fully saturated rings. The largest absolute Gasteiger partial charge is 0.371 e. The zero-order valence-corrected chi connectivity index (χ0v) is 11.0. The second kappa shape index (κ2) is 4.88. The lowest BCUT2D eigenvalue weighted by molar-refractivity contribution is 0.515. The van der Waals surface area contributed by atoms with Crippen LogP contribution in [-0.2, 0) is 0 Å². The van der Waals surface area contributed by atoms with Gasteiger partial charge in [-0.3, -0.25) is 0 Å². The van der Waals surface area contributed by atoms with Crippen molar-refractivity contribution in [2.45, 2.75) is 32.2 Å². The number of benzene rings is 1. The van der Waals surface area contributed by atoms with Crippen LogP contribution in [0.1, 0.15) is 24.8 Å². The highest BCUT2D eigenvalue weighted by Crippen LogP contribution is 2.26. The molecule has 98 valence electrons. The molecule has 0 bridgehead atoms. The minimum atomic E-state index is -0.121. The quantitative estimate of drug-likeness (QED) is 0.881. The fourth-order valence-electron chi connectivity index (χ4n) is 2.75. The van der Waals surface area contributed by atoms with Crippen LogP contribution in [0.5, 0.6) is 0 Å². The summed E-state index contributed by atoms with van der Waals surface area (Å²) in [5.41, 5.74) is 2.05. The third-order valence-corrected chi connectivity index (χ3v) is 3.95. The summed E-state index contributed by atoms with van der Waals surface area (Å²) < 4.78 is 13.4. The zero-order chi connectivity index (χ0) is 12.5. The van der Waals surface area contributed by atoms with Crippen molar-refractivity contribution in [1.82, 2.24) is 5.32 Å². The van der Waals surface area contributed by atoms with Crippen molar-refractivity contribution in [1.29, 1.82) is 0 Å². The Morgan fingerprint density at radius 3 is 2.83 bits per heavy atom. The molecule has 1 heterocycles. The van der Waals surface area contributed by atoms with Crippen molar-refractivity contribution < 1.29 is 4.39 Å². The normalized spacial score (nSPS) is 23.7. The number of anilines is 1. The van der Waals surface area contributed by atoms with E-state index >= 15 is 0 Å². The molecule has 1 aliphatic heterocycles. The van der Waals surface area contributed by atoms with Crippen LogP contribution < -0.4 is 10.2 Å². The average Bonchev–Trinajstić information content (AvgIpc) is 3.02. The molecule has 2 aliphatic rings.